The summed E-state index contributed by atoms with van der Waals surface area (Å²) in [5.74, 6) is 1.31. The zero-order valence-electron chi connectivity index (χ0n) is 23.0. The van der Waals surface area contributed by atoms with E-state index in [-0.39, 0.29) is 0 Å². The predicted octanol–water partition coefficient (Wildman–Crippen LogP) is 5.87. The number of benzene rings is 1. The van der Waals surface area contributed by atoms with Crippen LogP contribution in [0.3, 0.4) is 0 Å². The van der Waals surface area contributed by atoms with Crippen molar-refractivity contribution in [1.82, 2.24) is 25.9 Å². The van der Waals surface area contributed by atoms with E-state index in [4.69, 9.17) is 11.6 Å². The summed E-state index contributed by atoms with van der Waals surface area (Å²) in [4.78, 5) is 8.93. The highest BCUT2D eigenvalue weighted by molar-refractivity contribution is 6.29. The Morgan fingerprint density at radius 1 is 0.658 bits per heavy atom. The molecule has 1 aromatic heterocycles. The zero-order chi connectivity index (χ0) is 26.3. The number of nitrogens with zero attached hydrogens (tertiary/aromatic N) is 2. The number of halogens is 1. The zero-order valence-corrected chi connectivity index (χ0v) is 23.8. The van der Waals surface area contributed by atoms with Crippen LogP contribution >= 0.6 is 11.6 Å². The van der Waals surface area contributed by atoms with E-state index < -0.39 is 0 Å². The molecule has 2 fully saturated rings. The molecule has 7 nitrogen and oxygen atoms in total. The van der Waals surface area contributed by atoms with Crippen LogP contribution in [0.5, 0.6) is 0 Å². The van der Waals surface area contributed by atoms with Crippen LogP contribution in [0, 0.1) is 0 Å². The van der Waals surface area contributed by atoms with Crippen molar-refractivity contribution >= 4 is 23.4 Å². The number of aromatic nitrogens is 2. The first-order valence-electron chi connectivity index (χ1n) is 15.0. The van der Waals surface area contributed by atoms with E-state index in [0.29, 0.717) is 23.7 Å². The van der Waals surface area contributed by atoms with Gasteiger partial charge in [0.2, 0.25) is 5.95 Å². The van der Waals surface area contributed by atoms with Crippen LogP contribution in [0.1, 0.15) is 88.2 Å². The molecule has 1 heterocycles. The van der Waals surface area contributed by atoms with E-state index in [9.17, 15) is 0 Å². The van der Waals surface area contributed by atoms with Crippen molar-refractivity contribution in [2.24, 2.45) is 0 Å². The molecule has 2 aromatic rings. The smallest absolute Gasteiger partial charge is 0.226 e. The fourth-order valence-corrected chi connectivity index (χ4v) is 5.70. The minimum Gasteiger partial charge on any atom is -0.366 e. The molecule has 1 aromatic carbocycles. The topological polar surface area (TPSA) is 85.9 Å². The van der Waals surface area contributed by atoms with Crippen LogP contribution in [0.4, 0.5) is 11.8 Å². The normalized spacial score (nSPS) is 17.0. The third kappa shape index (κ3) is 11.0. The molecule has 0 saturated heterocycles. The summed E-state index contributed by atoms with van der Waals surface area (Å²) in [5.41, 5.74) is 2.52. The lowest BCUT2D eigenvalue weighted by Gasteiger charge is -2.22. The molecule has 38 heavy (non-hydrogen) atoms. The van der Waals surface area contributed by atoms with Crippen molar-refractivity contribution in [3.63, 3.8) is 0 Å². The lowest BCUT2D eigenvalue weighted by atomic mass is 9.95. The van der Waals surface area contributed by atoms with Crippen molar-refractivity contribution < 1.29 is 0 Å². The first-order valence-corrected chi connectivity index (χ1v) is 15.4. The van der Waals surface area contributed by atoms with Gasteiger partial charge in [-0.2, -0.15) is 4.98 Å². The Hall–Kier alpha value is -1.93. The Balaban J connectivity index is 1.09. The van der Waals surface area contributed by atoms with Gasteiger partial charge >= 0.3 is 0 Å². The van der Waals surface area contributed by atoms with E-state index in [1.807, 2.05) is 0 Å². The van der Waals surface area contributed by atoms with Crippen molar-refractivity contribution in [3.8, 4) is 0 Å². The largest absolute Gasteiger partial charge is 0.366 e. The van der Waals surface area contributed by atoms with Crippen LogP contribution in [0.15, 0.2) is 30.3 Å². The van der Waals surface area contributed by atoms with Crippen LogP contribution in [-0.2, 0) is 13.1 Å². The molecule has 4 rings (SSSR count). The summed E-state index contributed by atoms with van der Waals surface area (Å²) >= 11 is 6.26. The van der Waals surface area contributed by atoms with Gasteiger partial charge in [-0.1, -0.05) is 74.4 Å². The first-order chi connectivity index (χ1) is 18.7. The number of rotatable bonds is 16. The fraction of sp³-hybridized carbons (Fsp3) is 0.667. The number of anilines is 2. The third-order valence-corrected chi connectivity index (χ3v) is 7.96. The van der Waals surface area contributed by atoms with Gasteiger partial charge in [0.25, 0.3) is 0 Å². The summed E-state index contributed by atoms with van der Waals surface area (Å²) in [7, 11) is 0. The maximum absolute atomic E-state index is 6.26. The van der Waals surface area contributed by atoms with E-state index >= 15 is 0 Å². The van der Waals surface area contributed by atoms with Crippen molar-refractivity contribution in [3.05, 3.63) is 46.6 Å². The van der Waals surface area contributed by atoms with Crippen molar-refractivity contribution in [1.29, 1.82) is 0 Å². The Morgan fingerprint density at radius 3 is 1.87 bits per heavy atom. The summed E-state index contributed by atoms with van der Waals surface area (Å²) in [5, 5.41) is 18.1. The summed E-state index contributed by atoms with van der Waals surface area (Å²) < 4.78 is 0. The van der Waals surface area contributed by atoms with Crippen LogP contribution in [0.2, 0.25) is 5.15 Å². The molecule has 0 atom stereocenters. The van der Waals surface area contributed by atoms with Gasteiger partial charge in [0.05, 0.1) is 0 Å². The molecule has 2 saturated carbocycles. The lowest BCUT2D eigenvalue weighted by molar-refractivity contribution is 0.371. The van der Waals surface area contributed by atoms with E-state index in [2.05, 4.69) is 60.8 Å². The maximum Gasteiger partial charge on any atom is 0.226 e. The highest BCUT2D eigenvalue weighted by atomic mass is 35.5. The first kappa shape index (κ1) is 29.1. The Bertz CT molecular complexity index is 911. The highest BCUT2D eigenvalue weighted by Crippen LogP contribution is 2.18. The van der Waals surface area contributed by atoms with Gasteiger partial charge < -0.3 is 26.6 Å². The van der Waals surface area contributed by atoms with Gasteiger partial charge in [-0.15, -0.1) is 0 Å². The Morgan fingerprint density at radius 2 is 1.24 bits per heavy atom. The van der Waals surface area contributed by atoms with E-state index in [1.54, 1.807) is 6.07 Å². The molecule has 8 heteroatoms. The van der Waals surface area contributed by atoms with Crippen LogP contribution in [0.25, 0.3) is 0 Å². The van der Waals surface area contributed by atoms with Gasteiger partial charge in [0.15, 0.2) is 0 Å². The average molecular weight is 542 g/mol. The standard InChI is InChI=1S/C30H48ClN7/c31-28-21-29(38-30(37-28)35-20-8-19-34-27-11-5-2-6-12-27)36-23-25-15-13-24(14-16-25)22-32-17-7-18-33-26-9-3-1-4-10-26/h13-16,21,26-27,32-34H,1-12,17-20,22-23H2,(H2,35,36,37,38). The van der Waals surface area contributed by atoms with Crippen molar-refractivity contribution in [2.75, 3.05) is 36.8 Å². The van der Waals surface area contributed by atoms with E-state index in [1.165, 1.54) is 81.8 Å². The quantitative estimate of drug-likeness (QED) is 0.134. The van der Waals surface area contributed by atoms with Gasteiger partial charge in [-0.25, -0.2) is 4.98 Å². The number of hydrogen-bond donors (Lipinski definition) is 5. The number of nitrogens with one attached hydrogen (secondary N) is 5. The van der Waals surface area contributed by atoms with Crippen molar-refractivity contribution in [2.45, 2.75) is 102 Å². The molecule has 0 amide bonds. The highest BCUT2D eigenvalue weighted by Gasteiger charge is 2.12. The van der Waals surface area contributed by atoms with Gasteiger partial charge in [0, 0.05) is 37.8 Å². The SMILES string of the molecule is Clc1cc(NCc2ccc(CNCCCNC3CCCCC3)cc2)nc(NCCCNC2CCCCC2)n1. The summed E-state index contributed by atoms with van der Waals surface area (Å²) in [6.45, 7) is 5.61. The average Bonchev–Trinajstić information content (AvgIpc) is 2.95. The Kier molecular flexibility index (Phi) is 12.9. The minimum absolute atomic E-state index is 0.445. The Labute approximate surface area is 234 Å². The fourth-order valence-electron chi connectivity index (χ4n) is 5.52. The molecule has 0 bridgehead atoms. The second-order valence-electron chi connectivity index (χ2n) is 11.0. The summed E-state index contributed by atoms with van der Waals surface area (Å²) in [6.07, 6.45) is 15.9. The molecular formula is C30H48ClN7. The molecule has 210 valence electrons. The molecule has 2 aliphatic rings. The monoisotopic (exact) mass is 541 g/mol. The molecule has 0 unspecified atom stereocenters. The third-order valence-electron chi connectivity index (χ3n) is 7.76. The molecule has 0 aliphatic heterocycles. The molecule has 2 aliphatic carbocycles. The minimum atomic E-state index is 0.445. The molecular weight excluding hydrogens is 494 g/mol. The molecule has 0 radical (unpaired) electrons. The summed E-state index contributed by atoms with van der Waals surface area (Å²) in [6, 6.07) is 12.0. The van der Waals surface area contributed by atoms with Gasteiger partial charge in [-0.05, 0) is 69.3 Å². The van der Waals surface area contributed by atoms with Gasteiger partial charge in [0.1, 0.15) is 11.0 Å². The van der Waals surface area contributed by atoms with Crippen LogP contribution < -0.4 is 26.6 Å². The second kappa shape index (κ2) is 16.9. The molecule has 0 spiro atoms. The van der Waals surface area contributed by atoms with Crippen LogP contribution in [-0.4, -0.2) is 48.2 Å². The lowest BCUT2D eigenvalue weighted by Crippen LogP contribution is -2.33. The second-order valence-corrected chi connectivity index (χ2v) is 11.3. The molecule has 5 N–H and O–H groups in total. The number of hydrogen-bond acceptors (Lipinski definition) is 7. The van der Waals surface area contributed by atoms with Gasteiger partial charge in [-0.3, -0.25) is 0 Å². The van der Waals surface area contributed by atoms with E-state index in [0.717, 1.165) is 51.0 Å². The maximum atomic E-state index is 6.26. The predicted molar refractivity (Wildman–Crippen MR) is 160 cm³/mol.